The van der Waals surface area contributed by atoms with E-state index in [0.29, 0.717) is 5.92 Å². The number of alkyl halides is 1. The van der Waals surface area contributed by atoms with Crippen molar-refractivity contribution in [1.29, 1.82) is 0 Å². The SMILES string of the molecule is ClCCC1CCCN(c2ncc(Br)cc2Br)C1. The smallest absolute Gasteiger partial charge is 0.142 e. The van der Waals surface area contributed by atoms with Crippen LogP contribution in [0.15, 0.2) is 21.2 Å². The van der Waals surface area contributed by atoms with Crippen molar-refractivity contribution in [1.82, 2.24) is 4.98 Å². The van der Waals surface area contributed by atoms with Gasteiger partial charge in [-0.2, -0.15) is 0 Å². The Morgan fingerprint density at radius 1 is 1.47 bits per heavy atom. The zero-order chi connectivity index (χ0) is 12.3. The van der Waals surface area contributed by atoms with Gasteiger partial charge in [0, 0.05) is 29.6 Å². The van der Waals surface area contributed by atoms with Crippen LogP contribution >= 0.6 is 43.5 Å². The normalized spacial score (nSPS) is 20.6. The number of hydrogen-bond donors (Lipinski definition) is 0. The molecule has 0 aliphatic carbocycles. The highest BCUT2D eigenvalue weighted by Crippen LogP contribution is 2.30. The molecule has 1 aliphatic heterocycles. The third kappa shape index (κ3) is 3.58. The zero-order valence-electron chi connectivity index (χ0n) is 9.50. The van der Waals surface area contributed by atoms with E-state index in [4.69, 9.17) is 11.6 Å². The van der Waals surface area contributed by atoms with Crippen LogP contribution < -0.4 is 4.90 Å². The van der Waals surface area contributed by atoms with E-state index in [1.54, 1.807) is 0 Å². The average Bonchev–Trinajstić information content (AvgIpc) is 2.29. The minimum absolute atomic E-state index is 0.707. The molecule has 0 bridgehead atoms. The van der Waals surface area contributed by atoms with Crippen LogP contribution in [0.25, 0.3) is 0 Å². The number of halogens is 3. The quantitative estimate of drug-likeness (QED) is 0.718. The summed E-state index contributed by atoms with van der Waals surface area (Å²) < 4.78 is 2.06. The number of piperidine rings is 1. The number of nitrogens with zero attached hydrogens (tertiary/aromatic N) is 2. The van der Waals surface area contributed by atoms with Gasteiger partial charge in [-0.1, -0.05) is 0 Å². The minimum atomic E-state index is 0.707. The average molecular weight is 383 g/mol. The number of pyridine rings is 1. The molecule has 0 radical (unpaired) electrons. The Morgan fingerprint density at radius 2 is 2.29 bits per heavy atom. The van der Waals surface area contributed by atoms with Crippen LogP contribution in [0.3, 0.4) is 0 Å². The third-order valence-corrected chi connectivity index (χ3v) is 4.36. The van der Waals surface area contributed by atoms with E-state index in [-0.39, 0.29) is 0 Å². The Labute approximate surface area is 124 Å². The first kappa shape index (κ1) is 13.6. The second-order valence-electron chi connectivity index (χ2n) is 4.39. The molecule has 94 valence electrons. The Bertz CT molecular complexity index is 385. The van der Waals surface area contributed by atoms with Gasteiger partial charge in [-0.25, -0.2) is 4.98 Å². The van der Waals surface area contributed by atoms with E-state index in [1.807, 2.05) is 12.3 Å². The molecule has 0 amide bonds. The third-order valence-electron chi connectivity index (χ3n) is 3.12. The fraction of sp³-hybridized carbons (Fsp3) is 0.583. The monoisotopic (exact) mass is 380 g/mol. The van der Waals surface area contributed by atoms with Crippen LogP contribution in [-0.4, -0.2) is 24.0 Å². The zero-order valence-corrected chi connectivity index (χ0v) is 13.4. The molecule has 5 heteroatoms. The lowest BCUT2D eigenvalue weighted by atomic mass is 9.95. The molecule has 2 nitrogen and oxygen atoms in total. The second kappa shape index (κ2) is 6.39. The summed E-state index contributed by atoms with van der Waals surface area (Å²) in [5, 5.41) is 0. The fourth-order valence-corrected chi connectivity index (χ4v) is 3.83. The van der Waals surface area contributed by atoms with Gasteiger partial charge >= 0.3 is 0 Å². The first-order valence-corrected chi connectivity index (χ1v) is 7.94. The van der Waals surface area contributed by atoms with E-state index < -0.39 is 0 Å². The lowest BCUT2D eigenvalue weighted by Crippen LogP contribution is -2.36. The van der Waals surface area contributed by atoms with Crippen molar-refractivity contribution in [3.63, 3.8) is 0 Å². The maximum atomic E-state index is 5.83. The predicted molar refractivity (Wildman–Crippen MR) is 79.9 cm³/mol. The van der Waals surface area contributed by atoms with Gasteiger partial charge < -0.3 is 4.90 Å². The van der Waals surface area contributed by atoms with Gasteiger partial charge in [-0.05, 0) is 63.1 Å². The first-order valence-electron chi connectivity index (χ1n) is 5.82. The Morgan fingerprint density at radius 3 is 3.00 bits per heavy atom. The largest absolute Gasteiger partial charge is 0.355 e. The Balaban J connectivity index is 2.10. The van der Waals surface area contributed by atoms with Crippen molar-refractivity contribution >= 4 is 49.3 Å². The summed E-state index contributed by atoms with van der Waals surface area (Å²) >= 11 is 12.8. The summed E-state index contributed by atoms with van der Waals surface area (Å²) in [6.45, 7) is 2.16. The predicted octanol–water partition coefficient (Wildman–Crippen LogP) is 4.45. The summed E-state index contributed by atoms with van der Waals surface area (Å²) in [5.74, 6) is 2.51. The molecule has 2 rings (SSSR count). The van der Waals surface area contributed by atoms with Crippen LogP contribution in [0.2, 0.25) is 0 Å². The maximum absolute atomic E-state index is 5.83. The Hall–Kier alpha value is 0.200. The molecule has 1 unspecified atom stereocenters. The molecule has 0 aromatic carbocycles. The summed E-state index contributed by atoms with van der Waals surface area (Å²) in [5.41, 5.74) is 0. The van der Waals surface area contributed by atoms with Crippen LogP contribution in [-0.2, 0) is 0 Å². The summed E-state index contributed by atoms with van der Waals surface area (Å²) in [7, 11) is 0. The van der Waals surface area contributed by atoms with Crippen molar-refractivity contribution in [3.8, 4) is 0 Å². The highest BCUT2D eigenvalue weighted by atomic mass is 79.9. The summed E-state index contributed by atoms with van der Waals surface area (Å²) in [4.78, 5) is 6.85. The van der Waals surface area contributed by atoms with Crippen LogP contribution in [0.4, 0.5) is 5.82 Å². The molecule has 0 N–H and O–H groups in total. The topological polar surface area (TPSA) is 16.1 Å². The molecule has 1 atom stereocenters. The lowest BCUT2D eigenvalue weighted by molar-refractivity contribution is 0.404. The molecule has 0 spiro atoms. The fourth-order valence-electron chi connectivity index (χ4n) is 2.29. The van der Waals surface area contributed by atoms with Crippen molar-refractivity contribution < 1.29 is 0 Å². The van der Waals surface area contributed by atoms with E-state index in [1.165, 1.54) is 12.8 Å². The minimum Gasteiger partial charge on any atom is -0.355 e. The molecular weight excluding hydrogens is 367 g/mol. The highest BCUT2D eigenvalue weighted by molar-refractivity contribution is 9.11. The van der Waals surface area contributed by atoms with Gasteiger partial charge in [-0.15, -0.1) is 11.6 Å². The van der Waals surface area contributed by atoms with Crippen molar-refractivity contribution in [2.24, 2.45) is 5.92 Å². The highest BCUT2D eigenvalue weighted by Gasteiger charge is 2.21. The summed E-state index contributed by atoms with van der Waals surface area (Å²) in [6.07, 6.45) is 5.47. The van der Waals surface area contributed by atoms with Gasteiger partial charge in [0.1, 0.15) is 5.82 Å². The van der Waals surface area contributed by atoms with E-state index in [2.05, 4.69) is 41.7 Å². The number of rotatable bonds is 3. The lowest BCUT2D eigenvalue weighted by Gasteiger charge is -2.33. The molecule has 1 fully saturated rings. The molecule has 0 saturated carbocycles. The molecule has 2 heterocycles. The van der Waals surface area contributed by atoms with E-state index >= 15 is 0 Å². The maximum Gasteiger partial charge on any atom is 0.142 e. The standard InChI is InChI=1S/C12H15Br2ClN2/c13-10-6-11(14)12(16-7-10)17-5-1-2-9(8-17)3-4-15/h6-7,9H,1-5,8H2. The molecule has 1 aliphatic rings. The summed E-state index contributed by atoms with van der Waals surface area (Å²) in [6, 6.07) is 2.05. The molecule has 1 aromatic heterocycles. The number of hydrogen-bond acceptors (Lipinski definition) is 2. The van der Waals surface area contributed by atoms with Crippen molar-refractivity contribution in [2.45, 2.75) is 19.3 Å². The number of aromatic nitrogens is 1. The van der Waals surface area contributed by atoms with E-state index in [0.717, 1.165) is 40.2 Å². The van der Waals surface area contributed by atoms with Crippen LogP contribution in [0.5, 0.6) is 0 Å². The van der Waals surface area contributed by atoms with Crippen molar-refractivity contribution in [3.05, 3.63) is 21.2 Å². The Kier molecular flexibility index (Phi) is 5.12. The van der Waals surface area contributed by atoms with Gasteiger partial charge in [0.2, 0.25) is 0 Å². The molecular formula is C12H15Br2ClN2. The second-order valence-corrected chi connectivity index (χ2v) is 6.54. The molecule has 1 aromatic rings. The van der Waals surface area contributed by atoms with Crippen molar-refractivity contribution in [2.75, 3.05) is 23.9 Å². The molecule has 1 saturated heterocycles. The van der Waals surface area contributed by atoms with Gasteiger partial charge in [0.05, 0.1) is 4.47 Å². The van der Waals surface area contributed by atoms with Crippen LogP contribution in [0.1, 0.15) is 19.3 Å². The first-order chi connectivity index (χ1) is 8.20. The number of anilines is 1. The van der Waals surface area contributed by atoms with Gasteiger partial charge in [0.25, 0.3) is 0 Å². The van der Waals surface area contributed by atoms with Crippen LogP contribution in [0, 0.1) is 5.92 Å². The van der Waals surface area contributed by atoms with Gasteiger partial charge in [0.15, 0.2) is 0 Å². The van der Waals surface area contributed by atoms with E-state index in [9.17, 15) is 0 Å². The van der Waals surface area contributed by atoms with Gasteiger partial charge in [-0.3, -0.25) is 0 Å². The molecule has 17 heavy (non-hydrogen) atoms.